The lowest BCUT2D eigenvalue weighted by Gasteiger charge is -2.39. The zero-order valence-corrected chi connectivity index (χ0v) is 38.3. The van der Waals surface area contributed by atoms with E-state index < -0.39 is 19.3 Å². The molecule has 1 amide bonds. The van der Waals surface area contributed by atoms with E-state index in [0.29, 0.717) is 32.9 Å². The number of fused-ring (bicyclic) bond motifs is 1. The highest BCUT2D eigenvalue weighted by molar-refractivity contribution is 6.76. The molecule has 6 aromatic rings. The van der Waals surface area contributed by atoms with Gasteiger partial charge in [0.15, 0.2) is 6.79 Å². The molecule has 1 aliphatic rings. The third-order valence-corrected chi connectivity index (χ3v) is 13.2. The number of likely N-dealkylation sites (tertiary alicyclic amines) is 1. The van der Waals surface area contributed by atoms with E-state index >= 15 is 0 Å². The van der Waals surface area contributed by atoms with Gasteiger partial charge in [-0.2, -0.15) is 0 Å². The van der Waals surface area contributed by atoms with Gasteiger partial charge in [0.1, 0.15) is 17.0 Å². The van der Waals surface area contributed by atoms with Gasteiger partial charge in [-0.1, -0.05) is 159 Å². The largest absolute Gasteiger partial charge is 0.467 e. The molecule has 7 rings (SSSR count). The summed E-state index contributed by atoms with van der Waals surface area (Å²) >= 11 is 0. The fourth-order valence-corrected chi connectivity index (χ4v) is 9.02. The molecule has 0 radical (unpaired) electrons. The van der Waals surface area contributed by atoms with E-state index in [4.69, 9.17) is 23.7 Å². The van der Waals surface area contributed by atoms with E-state index in [1.807, 2.05) is 51.1 Å². The summed E-state index contributed by atoms with van der Waals surface area (Å²) in [4.78, 5) is 15.2. The number of piperidine rings is 1. The van der Waals surface area contributed by atoms with Crippen LogP contribution in [0.1, 0.15) is 66.5 Å². The summed E-state index contributed by atoms with van der Waals surface area (Å²) in [5.74, 6) is 0.857. The molecule has 7 nitrogen and oxygen atoms in total. The maximum Gasteiger partial charge on any atom is 0.410 e. The third-order valence-electron chi connectivity index (χ3n) is 11.5. The van der Waals surface area contributed by atoms with Crippen LogP contribution in [0.5, 0.6) is 5.75 Å². The Morgan fingerprint density at radius 1 is 0.710 bits per heavy atom. The second kappa shape index (κ2) is 20.3. The van der Waals surface area contributed by atoms with Gasteiger partial charge in [0.2, 0.25) is 0 Å². The van der Waals surface area contributed by atoms with E-state index in [-0.39, 0.29) is 24.9 Å². The minimum Gasteiger partial charge on any atom is -0.467 e. The Labute approximate surface area is 370 Å². The van der Waals surface area contributed by atoms with Gasteiger partial charge in [0, 0.05) is 32.5 Å². The van der Waals surface area contributed by atoms with Crippen molar-refractivity contribution in [1.82, 2.24) is 4.90 Å². The van der Waals surface area contributed by atoms with Crippen molar-refractivity contribution in [2.24, 2.45) is 0 Å². The van der Waals surface area contributed by atoms with Gasteiger partial charge in [-0.15, -0.1) is 0 Å². The number of hydrogen-bond acceptors (Lipinski definition) is 6. The Balaban J connectivity index is 1.08. The first-order valence-corrected chi connectivity index (χ1v) is 25.8. The maximum absolute atomic E-state index is 13.4. The lowest BCUT2D eigenvalue weighted by Crippen LogP contribution is -2.48. The van der Waals surface area contributed by atoms with Crippen LogP contribution in [-0.2, 0) is 37.6 Å². The van der Waals surface area contributed by atoms with E-state index in [9.17, 15) is 4.79 Å². The molecule has 0 aliphatic carbocycles. The van der Waals surface area contributed by atoms with Crippen molar-refractivity contribution < 1.29 is 28.5 Å². The monoisotopic (exact) mass is 849 g/mol. The van der Waals surface area contributed by atoms with Crippen LogP contribution < -0.4 is 4.74 Å². The summed E-state index contributed by atoms with van der Waals surface area (Å²) in [7, 11) is -1.20. The van der Waals surface area contributed by atoms with Crippen molar-refractivity contribution >= 4 is 24.9 Å². The smallest absolute Gasteiger partial charge is 0.410 e. The predicted molar refractivity (Wildman–Crippen MR) is 253 cm³/mol. The summed E-state index contributed by atoms with van der Waals surface area (Å²) in [5, 5.41) is 2.11. The highest BCUT2D eigenvalue weighted by atomic mass is 28.3. The summed E-state index contributed by atoms with van der Waals surface area (Å²) in [5.41, 5.74) is 5.29. The van der Waals surface area contributed by atoms with Crippen molar-refractivity contribution in [2.45, 2.75) is 89.1 Å². The van der Waals surface area contributed by atoms with E-state index in [1.165, 1.54) is 11.1 Å². The predicted octanol–water partition coefficient (Wildman–Crippen LogP) is 12.4. The van der Waals surface area contributed by atoms with E-state index in [2.05, 4.69) is 141 Å². The van der Waals surface area contributed by atoms with Crippen molar-refractivity contribution in [3.05, 3.63) is 185 Å². The molecule has 0 spiro atoms. The molecule has 1 aliphatic heterocycles. The number of nitrogens with zero attached hydrogens (tertiary/aromatic N) is 1. The average molecular weight is 850 g/mol. The fourth-order valence-electron chi connectivity index (χ4n) is 8.26. The summed E-state index contributed by atoms with van der Waals surface area (Å²) < 4.78 is 31.9. The second-order valence-corrected chi connectivity index (χ2v) is 24.2. The van der Waals surface area contributed by atoms with Crippen LogP contribution in [0.3, 0.4) is 0 Å². The highest BCUT2D eigenvalue weighted by Gasteiger charge is 2.38. The van der Waals surface area contributed by atoms with Crippen molar-refractivity contribution in [1.29, 1.82) is 0 Å². The van der Waals surface area contributed by atoms with Gasteiger partial charge in [-0.3, -0.25) is 0 Å². The van der Waals surface area contributed by atoms with Crippen LogP contribution in [0.2, 0.25) is 25.7 Å². The molecule has 0 bridgehead atoms. The molecule has 0 N–H and O–H groups in total. The first-order valence-electron chi connectivity index (χ1n) is 22.1. The quantitative estimate of drug-likeness (QED) is 0.0394. The fraction of sp³-hybridized carbons (Fsp3) is 0.352. The van der Waals surface area contributed by atoms with Crippen LogP contribution in [0.4, 0.5) is 4.79 Å². The first-order chi connectivity index (χ1) is 29.9. The van der Waals surface area contributed by atoms with Gasteiger partial charge in [0.25, 0.3) is 0 Å². The molecule has 2 unspecified atom stereocenters. The molecule has 0 saturated carbocycles. The van der Waals surface area contributed by atoms with Crippen LogP contribution in [-0.4, -0.2) is 63.9 Å². The maximum atomic E-state index is 13.4. The zero-order valence-electron chi connectivity index (χ0n) is 37.3. The van der Waals surface area contributed by atoms with Gasteiger partial charge >= 0.3 is 6.09 Å². The Hall–Kier alpha value is -5.25. The number of carbonyl (C=O) groups is 1. The molecule has 0 aromatic heterocycles. The van der Waals surface area contributed by atoms with Crippen molar-refractivity contribution in [2.75, 3.05) is 33.1 Å². The van der Waals surface area contributed by atoms with Crippen LogP contribution in [0.25, 0.3) is 10.8 Å². The average Bonchev–Trinajstić information content (AvgIpc) is 3.27. The second-order valence-electron chi connectivity index (χ2n) is 18.6. The topological polar surface area (TPSA) is 66.5 Å². The molecule has 1 fully saturated rings. The number of carbonyl (C=O) groups excluding carboxylic acids is 1. The lowest BCUT2D eigenvalue weighted by atomic mass is 9.80. The lowest BCUT2D eigenvalue weighted by molar-refractivity contribution is -0.0360. The van der Waals surface area contributed by atoms with Gasteiger partial charge in [0.05, 0.1) is 25.9 Å². The zero-order chi connectivity index (χ0) is 43.6. The summed E-state index contributed by atoms with van der Waals surface area (Å²) in [6, 6.07) is 54.0. The third kappa shape index (κ3) is 11.6. The van der Waals surface area contributed by atoms with Crippen molar-refractivity contribution in [3.63, 3.8) is 0 Å². The Morgan fingerprint density at radius 2 is 1.31 bits per heavy atom. The molecule has 6 aromatic carbocycles. The number of hydrogen-bond donors (Lipinski definition) is 0. The first kappa shape index (κ1) is 44.8. The van der Waals surface area contributed by atoms with E-state index in [1.54, 1.807) is 4.90 Å². The van der Waals surface area contributed by atoms with Gasteiger partial charge in [-0.05, 0) is 90.6 Å². The molecule has 1 saturated heterocycles. The molecule has 2 atom stereocenters. The molecule has 8 heteroatoms. The molecule has 324 valence electrons. The highest BCUT2D eigenvalue weighted by Crippen LogP contribution is 2.41. The number of ether oxygens (including phenoxy) is 5. The van der Waals surface area contributed by atoms with Crippen molar-refractivity contribution in [3.8, 4) is 5.75 Å². The Morgan fingerprint density at radius 3 is 1.90 bits per heavy atom. The number of benzene rings is 6. The Kier molecular flexibility index (Phi) is 14.7. The number of amides is 1. The molecular weight excluding hydrogens is 787 g/mol. The van der Waals surface area contributed by atoms with Crippen LogP contribution >= 0.6 is 0 Å². The standard InChI is InChI=1S/C54H63NO6Si/c1-53(2,3)61-52(56)55-32-30-49(51(38-55)58-39-42-36-44-18-16-17-25-48(44)50(37-42)59-40-57-34-35-62(4,5)6)43-28-26-41(27-29-43)31-33-60-54(45-19-10-7-11-20-45,46-21-12-8-13-22-46)47-23-14-9-15-24-47/h7-29,36-37,49,51H,30-35,38-40H2,1-6H3. The molecular formula is C54H63NO6Si. The molecule has 62 heavy (non-hydrogen) atoms. The minimum atomic E-state index is -1.20. The van der Waals surface area contributed by atoms with Crippen LogP contribution in [0, 0.1) is 0 Å². The van der Waals surface area contributed by atoms with Gasteiger partial charge in [-0.25, -0.2) is 4.79 Å². The van der Waals surface area contributed by atoms with Gasteiger partial charge < -0.3 is 28.6 Å². The summed E-state index contributed by atoms with van der Waals surface area (Å²) in [6.07, 6.45) is 0.921. The Bertz CT molecular complexity index is 2230. The van der Waals surface area contributed by atoms with E-state index in [0.717, 1.165) is 57.7 Å². The van der Waals surface area contributed by atoms with Crippen LogP contribution in [0.15, 0.2) is 152 Å². The minimum absolute atomic E-state index is 0.0804. The molecule has 1 heterocycles. The normalized spacial score (nSPS) is 16.0. The number of rotatable bonds is 17. The SMILES string of the molecule is CC(C)(C)OC(=O)N1CCC(c2ccc(CCOC(c3ccccc3)(c3ccccc3)c3ccccc3)cc2)C(OCc2cc(OCOCC[Si](C)(C)C)c3ccccc3c2)C1. The summed E-state index contributed by atoms with van der Waals surface area (Å²) in [6.45, 7) is 15.5.